The fourth-order valence-corrected chi connectivity index (χ4v) is 4.38. The van der Waals surface area contributed by atoms with E-state index in [0.717, 1.165) is 46.8 Å². The Labute approximate surface area is 174 Å². The Morgan fingerprint density at radius 3 is 2.83 bits per heavy atom. The second-order valence-corrected chi connectivity index (χ2v) is 9.57. The molecule has 152 valence electrons. The molecule has 1 aliphatic heterocycles. The summed E-state index contributed by atoms with van der Waals surface area (Å²) in [6, 6.07) is 9.72. The molecule has 1 atom stereocenters. The normalized spacial score (nSPS) is 17.5. The van der Waals surface area contributed by atoms with Crippen LogP contribution in [0.3, 0.4) is 0 Å². The van der Waals surface area contributed by atoms with Gasteiger partial charge in [-0.25, -0.2) is 4.98 Å². The maximum atomic E-state index is 12.8. The largest absolute Gasteiger partial charge is 0.341 e. The maximum Gasteiger partial charge on any atom is 0.229 e. The van der Waals surface area contributed by atoms with Crippen LogP contribution in [-0.2, 0) is 9.59 Å². The Morgan fingerprint density at radius 1 is 1.28 bits per heavy atom. The molecule has 2 aromatic heterocycles. The number of carbonyl (C=O) groups is 2. The molecular formula is C22H26N4O2S. The molecule has 4 rings (SSSR count). The molecule has 1 aliphatic rings. The lowest BCUT2D eigenvalue weighted by Crippen LogP contribution is -2.47. The van der Waals surface area contributed by atoms with Gasteiger partial charge < -0.3 is 15.2 Å². The van der Waals surface area contributed by atoms with Crippen molar-refractivity contribution in [2.75, 3.05) is 18.4 Å². The van der Waals surface area contributed by atoms with Gasteiger partial charge in [-0.3, -0.25) is 9.59 Å². The van der Waals surface area contributed by atoms with Gasteiger partial charge in [0.25, 0.3) is 0 Å². The number of likely N-dealkylation sites (tertiary alicyclic amines) is 1. The molecule has 0 radical (unpaired) electrons. The quantitative estimate of drug-likeness (QED) is 0.667. The number of carbonyl (C=O) groups excluding carboxylic acids is 2. The first-order valence-electron chi connectivity index (χ1n) is 9.95. The highest BCUT2D eigenvalue weighted by Gasteiger charge is 2.33. The van der Waals surface area contributed by atoms with Crippen molar-refractivity contribution in [1.82, 2.24) is 14.9 Å². The molecule has 7 heteroatoms. The molecule has 3 heterocycles. The lowest BCUT2D eigenvalue weighted by atomic mass is 9.91. The molecule has 2 N–H and O–H groups in total. The van der Waals surface area contributed by atoms with Gasteiger partial charge in [-0.15, -0.1) is 11.3 Å². The number of fused-ring (bicyclic) bond motifs is 1. The van der Waals surface area contributed by atoms with Gasteiger partial charge in [0.1, 0.15) is 5.82 Å². The predicted octanol–water partition coefficient (Wildman–Crippen LogP) is 4.51. The van der Waals surface area contributed by atoms with E-state index < -0.39 is 5.41 Å². The number of rotatable bonds is 3. The first kappa shape index (κ1) is 19.6. The summed E-state index contributed by atoms with van der Waals surface area (Å²) in [5, 5.41) is 5.04. The molecule has 2 amide bonds. The van der Waals surface area contributed by atoms with Crippen LogP contribution in [0, 0.1) is 11.3 Å². The molecule has 0 spiro atoms. The van der Waals surface area contributed by atoms with Crippen LogP contribution < -0.4 is 5.32 Å². The second kappa shape index (κ2) is 7.63. The lowest BCUT2D eigenvalue weighted by molar-refractivity contribution is -0.142. The van der Waals surface area contributed by atoms with E-state index >= 15 is 0 Å². The number of nitrogens with zero attached hydrogens (tertiary/aromatic N) is 2. The van der Waals surface area contributed by atoms with Gasteiger partial charge in [0, 0.05) is 24.2 Å². The number of H-pyrrole nitrogens is 1. The summed E-state index contributed by atoms with van der Waals surface area (Å²) in [5.41, 5.74) is 2.07. The van der Waals surface area contributed by atoms with Crippen LogP contribution in [0.5, 0.6) is 0 Å². The van der Waals surface area contributed by atoms with Gasteiger partial charge in [-0.2, -0.15) is 0 Å². The third-order valence-corrected chi connectivity index (χ3v) is 6.10. The van der Waals surface area contributed by atoms with Crippen molar-refractivity contribution in [3.05, 3.63) is 35.7 Å². The van der Waals surface area contributed by atoms with Crippen LogP contribution in [0.15, 0.2) is 35.7 Å². The highest BCUT2D eigenvalue weighted by Crippen LogP contribution is 2.27. The average molecular weight is 411 g/mol. The third kappa shape index (κ3) is 4.19. The van der Waals surface area contributed by atoms with E-state index in [4.69, 9.17) is 0 Å². The third-order valence-electron chi connectivity index (χ3n) is 5.22. The van der Waals surface area contributed by atoms with Gasteiger partial charge in [-0.1, -0.05) is 26.8 Å². The Bertz CT molecular complexity index is 1030. The number of piperidine rings is 1. The van der Waals surface area contributed by atoms with Crippen LogP contribution in [0.1, 0.15) is 33.6 Å². The minimum Gasteiger partial charge on any atom is -0.341 e. The predicted molar refractivity (Wildman–Crippen MR) is 117 cm³/mol. The standard InChI is InChI=1S/C22H26N4O2S/c1-22(2,3)21(28)26-10-4-6-14(13-26)20(27)23-15-8-9-16-17(12-15)25-19(24-16)18-7-5-11-29-18/h5,7-9,11-12,14H,4,6,10,13H2,1-3H3,(H,23,27)(H,24,25). The number of imidazole rings is 1. The van der Waals surface area contributed by atoms with Crippen LogP contribution in [0.4, 0.5) is 5.69 Å². The summed E-state index contributed by atoms with van der Waals surface area (Å²) in [4.78, 5) is 36.3. The highest BCUT2D eigenvalue weighted by molar-refractivity contribution is 7.13. The number of benzene rings is 1. The van der Waals surface area contributed by atoms with E-state index in [1.807, 2.05) is 61.4 Å². The van der Waals surface area contributed by atoms with E-state index in [-0.39, 0.29) is 17.7 Å². The van der Waals surface area contributed by atoms with Gasteiger partial charge in [0.05, 0.1) is 21.8 Å². The fourth-order valence-electron chi connectivity index (χ4n) is 3.71. The fraction of sp³-hybridized carbons (Fsp3) is 0.409. The Morgan fingerprint density at radius 2 is 2.10 bits per heavy atom. The minimum absolute atomic E-state index is 0.0336. The van der Waals surface area contributed by atoms with Gasteiger partial charge in [-0.05, 0) is 42.5 Å². The van der Waals surface area contributed by atoms with Crippen molar-refractivity contribution in [1.29, 1.82) is 0 Å². The van der Waals surface area contributed by atoms with Crippen LogP contribution in [-0.4, -0.2) is 39.8 Å². The first-order chi connectivity index (χ1) is 13.8. The number of thiophene rings is 1. The van der Waals surface area contributed by atoms with Crippen molar-refractivity contribution >= 4 is 39.9 Å². The number of amides is 2. The van der Waals surface area contributed by atoms with Crippen molar-refractivity contribution in [3.8, 4) is 10.7 Å². The molecule has 1 aromatic carbocycles. The van der Waals surface area contributed by atoms with Gasteiger partial charge in [0.15, 0.2) is 0 Å². The Balaban J connectivity index is 1.46. The highest BCUT2D eigenvalue weighted by atomic mass is 32.1. The number of hydrogen-bond donors (Lipinski definition) is 2. The molecule has 1 saturated heterocycles. The smallest absolute Gasteiger partial charge is 0.229 e. The number of aromatic nitrogens is 2. The molecule has 0 bridgehead atoms. The molecule has 29 heavy (non-hydrogen) atoms. The van der Waals surface area contributed by atoms with Gasteiger partial charge >= 0.3 is 0 Å². The lowest BCUT2D eigenvalue weighted by Gasteiger charge is -2.35. The first-order valence-corrected chi connectivity index (χ1v) is 10.8. The van der Waals surface area contributed by atoms with Crippen molar-refractivity contribution in [2.24, 2.45) is 11.3 Å². The summed E-state index contributed by atoms with van der Waals surface area (Å²) in [6.45, 7) is 6.97. The molecular weight excluding hydrogens is 384 g/mol. The van der Waals surface area contributed by atoms with Crippen LogP contribution in [0.2, 0.25) is 0 Å². The number of aromatic amines is 1. The van der Waals surface area contributed by atoms with Crippen LogP contribution in [0.25, 0.3) is 21.7 Å². The molecule has 1 fully saturated rings. The zero-order valence-electron chi connectivity index (χ0n) is 17.0. The number of anilines is 1. The summed E-state index contributed by atoms with van der Waals surface area (Å²) in [6.07, 6.45) is 1.65. The van der Waals surface area contributed by atoms with E-state index in [1.165, 1.54) is 0 Å². The summed E-state index contributed by atoms with van der Waals surface area (Å²) < 4.78 is 0. The molecule has 3 aromatic rings. The van der Waals surface area contributed by atoms with Crippen molar-refractivity contribution in [2.45, 2.75) is 33.6 Å². The molecule has 1 unspecified atom stereocenters. The minimum atomic E-state index is -0.426. The topological polar surface area (TPSA) is 78.1 Å². The van der Waals surface area contributed by atoms with Crippen molar-refractivity contribution in [3.63, 3.8) is 0 Å². The SMILES string of the molecule is CC(C)(C)C(=O)N1CCCC(C(=O)Nc2ccc3nc(-c4cccs4)[nH]c3c2)C1. The van der Waals surface area contributed by atoms with E-state index in [2.05, 4.69) is 15.3 Å². The molecule has 0 saturated carbocycles. The summed E-state index contributed by atoms with van der Waals surface area (Å²) >= 11 is 1.63. The van der Waals surface area contributed by atoms with Crippen molar-refractivity contribution < 1.29 is 9.59 Å². The Kier molecular flexibility index (Phi) is 5.17. The molecule has 6 nitrogen and oxygen atoms in total. The Hall–Kier alpha value is -2.67. The summed E-state index contributed by atoms with van der Waals surface area (Å²) in [7, 11) is 0. The number of hydrogen-bond acceptors (Lipinski definition) is 4. The van der Waals surface area contributed by atoms with Crippen LogP contribution >= 0.6 is 11.3 Å². The molecule has 0 aliphatic carbocycles. The average Bonchev–Trinajstić information content (AvgIpc) is 3.36. The zero-order valence-corrected chi connectivity index (χ0v) is 17.8. The second-order valence-electron chi connectivity index (χ2n) is 8.62. The van der Waals surface area contributed by atoms with Gasteiger partial charge in [0.2, 0.25) is 11.8 Å². The summed E-state index contributed by atoms with van der Waals surface area (Å²) in [5.74, 6) is 0.722. The van der Waals surface area contributed by atoms with E-state index in [1.54, 1.807) is 11.3 Å². The van der Waals surface area contributed by atoms with E-state index in [9.17, 15) is 9.59 Å². The van der Waals surface area contributed by atoms with E-state index in [0.29, 0.717) is 6.54 Å². The maximum absolute atomic E-state index is 12.8. The zero-order chi connectivity index (χ0) is 20.6. The number of nitrogens with one attached hydrogen (secondary N) is 2. The monoisotopic (exact) mass is 410 g/mol.